The summed E-state index contributed by atoms with van der Waals surface area (Å²) < 4.78 is 23.4. The van der Waals surface area contributed by atoms with Crippen LogP contribution >= 0.6 is 0 Å². The summed E-state index contributed by atoms with van der Waals surface area (Å²) in [7, 11) is 0. The summed E-state index contributed by atoms with van der Waals surface area (Å²) in [6.07, 6.45) is 1.14. The van der Waals surface area contributed by atoms with Gasteiger partial charge in [0.2, 0.25) is 11.8 Å². The Morgan fingerprint density at radius 1 is 1.43 bits per heavy atom. The van der Waals surface area contributed by atoms with Crippen LogP contribution in [0.15, 0.2) is 34.9 Å². The molecular weight excluding hydrogens is 305 g/mol. The van der Waals surface area contributed by atoms with Crippen molar-refractivity contribution in [3.8, 4) is 5.75 Å². The molecule has 0 bridgehead atoms. The van der Waals surface area contributed by atoms with Crippen molar-refractivity contribution in [3.05, 3.63) is 47.9 Å². The summed E-state index contributed by atoms with van der Waals surface area (Å²) in [5.74, 6) is -1.26. The molecule has 8 heteroatoms. The van der Waals surface area contributed by atoms with Crippen molar-refractivity contribution in [1.82, 2.24) is 10.3 Å². The zero-order chi connectivity index (χ0) is 17.0. The van der Waals surface area contributed by atoms with Gasteiger partial charge in [-0.2, -0.15) is 0 Å². The first-order chi connectivity index (χ1) is 10.8. The molecule has 0 fully saturated rings. The van der Waals surface area contributed by atoms with E-state index in [1.807, 2.05) is 0 Å². The highest BCUT2D eigenvalue weighted by Crippen LogP contribution is 2.14. The zero-order valence-electron chi connectivity index (χ0n) is 12.6. The maximum atomic E-state index is 13.0. The van der Waals surface area contributed by atoms with Gasteiger partial charge in [-0.25, -0.2) is 9.37 Å². The second-order valence-corrected chi connectivity index (χ2v) is 5.32. The van der Waals surface area contributed by atoms with Gasteiger partial charge in [-0.1, -0.05) is 6.07 Å². The van der Waals surface area contributed by atoms with Gasteiger partial charge in [-0.05, 0) is 26.0 Å². The highest BCUT2D eigenvalue weighted by molar-refractivity contribution is 5.97. The smallest absolute Gasteiger partial charge is 0.274 e. The number of carbonyl (C=O) groups excluding carboxylic acids is 2. The molecule has 2 rings (SSSR count). The lowest BCUT2D eigenvalue weighted by molar-refractivity contribution is -0.122. The summed E-state index contributed by atoms with van der Waals surface area (Å²) in [5.41, 5.74) is 3.95. The lowest BCUT2D eigenvalue weighted by atomic mass is 10.1. The minimum absolute atomic E-state index is 0.0165. The van der Waals surface area contributed by atoms with E-state index in [0.717, 1.165) is 6.26 Å². The maximum absolute atomic E-state index is 13.0. The molecule has 0 radical (unpaired) electrons. The molecule has 2 aromatic rings. The summed E-state index contributed by atoms with van der Waals surface area (Å²) in [5, 5.41) is 2.44. The fraction of sp³-hybridized carbons (Fsp3) is 0.267. The number of nitrogens with zero attached hydrogens (tertiary/aromatic N) is 1. The molecule has 0 unspecified atom stereocenters. The molecule has 1 aromatic heterocycles. The number of rotatable bonds is 6. The number of primary amides is 1. The normalized spacial score (nSPS) is 11.1. The molecule has 0 spiro atoms. The minimum Gasteiger partial charge on any atom is -0.484 e. The first kappa shape index (κ1) is 16.5. The second kappa shape index (κ2) is 6.47. The Balaban J connectivity index is 1.97. The summed E-state index contributed by atoms with van der Waals surface area (Å²) in [4.78, 5) is 27.1. The highest BCUT2D eigenvalue weighted by atomic mass is 19.1. The maximum Gasteiger partial charge on any atom is 0.274 e. The Morgan fingerprint density at radius 2 is 2.17 bits per heavy atom. The highest BCUT2D eigenvalue weighted by Gasteiger charge is 2.28. The molecule has 3 N–H and O–H groups in total. The first-order valence-electron chi connectivity index (χ1n) is 6.73. The van der Waals surface area contributed by atoms with Crippen LogP contribution in [0.4, 0.5) is 4.39 Å². The number of ether oxygens (including phenoxy) is 1. The average Bonchev–Trinajstić information content (AvgIpc) is 2.93. The average molecular weight is 321 g/mol. The number of hydrogen-bond acceptors (Lipinski definition) is 5. The molecule has 0 aliphatic carbocycles. The molecule has 0 aliphatic rings. The third-order valence-corrected chi connectivity index (χ3v) is 2.98. The van der Waals surface area contributed by atoms with Gasteiger partial charge in [0.05, 0.1) is 0 Å². The van der Waals surface area contributed by atoms with E-state index in [1.54, 1.807) is 6.07 Å². The Labute approximate surface area is 131 Å². The van der Waals surface area contributed by atoms with Crippen molar-refractivity contribution in [2.45, 2.75) is 26.0 Å². The molecule has 7 nitrogen and oxygen atoms in total. The third kappa shape index (κ3) is 4.29. The van der Waals surface area contributed by atoms with Crippen LogP contribution in [0.2, 0.25) is 0 Å². The molecule has 0 atom stereocenters. The van der Waals surface area contributed by atoms with Gasteiger partial charge in [0, 0.05) is 6.07 Å². The van der Waals surface area contributed by atoms with Crippen LogP contribution in [0, 0.1) is 5.82 Å². The van der Waals surface area contributed by atoms with Crippen molar-refractivity contribution >= 4 is 11.8 Å². The van der Waals surface area contributed by atoms with E-state index >= 15 is 0 Å². The standard InChI is InChI=1S/C15H16FN3O4/c1-15(2,14(17)21)19-13(20)11-7-23-12(18-11)8-22-10-5-3-4-9(16)6-10/h3-7H,8H2,1-2H3,(H2,17,21)(H,19,20). The monoisotopic (exact) mass is 321 g/mol. The first-order valence-corrected chi connectivity index (χ1v) is 6.73. The quantitative estimate of drug-likeness (QED) is 0.836. The summed E-state index contributed by atoms with van der Waals surface area (Å²) in [6.45, 7) is 2.87. The molecule has 1 aromatic carbocycles. The molecular formula is C15H16FN3O4. The van der Waals surface area contributed by atoms with Crippen molar-refractivity contribution in [2.24, 2.45) is 5.73 Å². The Bertz CT molecular complexity index is 727. The Morgan fingerprint density at radius 3 is 2.83 bits per heavy atom. The van der Waals surface area contributed by atoms with E-state index in [1.165, 1.54) is 32.0 Å². The van der Waals surface area contributed by atoms with Crippen molar-refractivity contribution in [1.29, 1.82) is 0 Å². The molecule has 2 amide bonds. The number of halogens is 1. The Hall–Kier alpha value is -2.90. The van der Waals surface area contributed by atoms with E-state index < -0.39 is 23.2 Å². The van der Waals surface area contributed by atoms with Gasteiger partial charge >= 0.3 is 0 Å². The number of oxazole rings is 1. The van der Waals surface area contributed by atoms with E-state index in [9.17, 15) is 14.0 Å². The van der Waals surface area contributed by atoms with Crippen molar-refractivity contribution in [2.75, 3.05) is 0 Å². The molecule has 122 valence electrons. The summed E-state index contributed by atoms with van der Waals surface area (Å²) >= 11 is 0. The minimum atomic E-state index is -1.21. The van der Waals surface area contributed by atoms with Gasteiger partial charge in [-0.15, -0.1) is 0 Å². The number of aromatic nitrogens is 1. The van der Waals surface area contributed by atoms with Crippen LogP contribution in [0.3, 0.4) is 0 Å². The van der Waals surface area contributed by atoms with Crippen LogP contribution in [-0.4, -0.2) is 22.3 Å². The van der Waals surface area contributed by atoms with Crippen LogP contribution < -0.4 is 15.8 Å². The fourth-order valence-electron chi connectivity index (χ4n) is 1.59. The van der Waals surface area contributed by atoms with E-state index in [2.05, 4.69) is 10.3 Å². The lowest BCUT2D eigenvalue weighted by Crippen LogP contribution is -2.53. The largest absolute Gasteiger partial charge is 0.484 e. The number of nitrogens with one attached hydrogen (secondary N) is 1. The van der Waals surface area contributed by atoms with Crippen LogP contribution in [0.25, 0.3) is 0 Å². The predicted octanol–water partition coefficient (Wildman–Crippen LogP) is 1.39. The molecule has 0 aliphatic heterocycles. The lowest BCUT2D eigenvalue weighted by Gasteiger charge is -2.21. The van der Waals surface area contributed by atoms with Crippen molar-refractivity contribution in [3.63, 3.8) is 0 Å². The van der Waals surface area contributed by atoms with Crippen LogP contribution in [0.1, 0.15) is 30.2 Å². The van der Waals surface area contributed by atoms with Gasteiger partial charge in [0.15, 0.2) is 12.3 Å². The van der Waals surface area contributed by atoms with Crippen molar-refractivity contribution < 1.29 is 23.1 Å². The Kier molecular flexibility index (Phi) is 4.63. The van der Waals surface area contributed by atoms with E-state index in [0.29, 0.717) is 5.75 Å². The fourth-order valence-corrected chi connectivity index (χ4v) is 1.59. The second-order valence-electron chi connectivity index (χ2n) is 5.32. The summed E-state index contributed by atoms with van der Waals surface area (Å²) in [6, 6.07) is 5.59. The SMILES string of the molecule is CC(C)(NC(=O)c1coc(COc2cccc(F)c2)n1)C(N)=O. The van der Waals surface area contributed by atoms with Gasteiger partial charge in [-0.3, -0.25) is 9.59 Å². The molecule has 23 heavy (non-hydrogen) atoms. The van der Waals surface area contributed by atoms with E-state index in [4.69, 9.17) is 14.9 Å². The molecule has 1 heterocycles. The zero-order valence-corrected chi connectivity index (χ0v) is 12.6. The van der Waals surface area contributed by atoms with E-state index in [-0.39, 0.29) is 18.2 Å². The predicted molar refractivity (Wildman–Crippen MR) is 78.0 cm³/mol. The third-order valence-electron chi connectivity index (χ3n) is 2.98. The van der Waals surface area contributed by atoms with Crippen LogP contribution in [-0.2, 0) is 11.4 Å². The number of hydrogen-bond donors (Lipinski definition) is 2. The number of nitrogens with two attached hydrogens (primary N) is 1. The number of benzene rings is 1. The number of carbonyl (C=O) groups is 2. The van der Waals surface area contributed by atoms with Gasteiger partial charge in [0.1, 0.15) is 23.4 Å². The van der Waals surface area contributed by atoms with Gasteiger partial charge < -0.3 is 20.2 Å². The van der Waals surface area contributed by atoms with Gasteiger partial charge in [0.25, 0.3) is 5.91 Å². The molecule has 0 saturated carbocycles. The topological polar surface area (TPSA) is 107 Å². The van der Waals surface area contributed by atoms with Crippen LogP contribution in [0.5, 0.6) is 5.75 Å². The number of amides is 2. The molecule has 0 saturated heterocycles.